The van der Waals surface area contributed by atoms with Crippen molar-refractivity contribution in [2.75, 3.05) is 27.4 Å². The molecule has 0 unspecified atom stereocenters. The molecule has 0 bridgehead atoms. The maximum Gasteiger partial charge on any atom is 0.311 e. The van der Waals surface area contributed by atoms with E-state index in [0.29, 0.717) is 13.2 Å². The van der Waals surface area contributed by atoms with E-state index in [0.717, 1.165) is 77.0 Å². The van der Waals surface area contributed by atoms with Crippen LogP contribution in [-0.4, -0.2) is 51.6 Å². The Hall–Kier alpha value is -1.14. The predicted octanol–water partition coefficient (Wildman–Crippen LogP) is 6.88. The molecule has 0 spiro atoms. The zero-order valence-electron chi connectivity index (χ0n) is 23.5. The molecule has 2 atom stereocenters. The lowest BCUT2D eigenvalue weighted by molar-refractivity contribution is -0.154. The molecule has 0 aromatic heterocycles. The van der Waals surface area contributed by atoms with Crippen molar-refractivity contribution in [3.8, 4) is 0 Å². The van der Waals surface area contributed by atoms with Crippen molar-refractivity contribution >= 4 is 11.9 Å². The fourth-order valence-corrected chi connectivity index (χ4v) is 4.30. The van der Waals surface area contributed by atoms with Crippen molar-refractivity contribution in [1.82, 2.24) is 0 Å². The first-order valence-electron chi connectivity index (χ1n) is 13.5. The van der Waals surface area contributed by atoms with Crippen LogP contribution in [0.5, 0.6) is 0 Å². The fraction of sp³-hybridized carbons (Fsp3) is 0.929. The summed E-state index contributed by atoms with van der Waals surface area (Å²) >= 11 is 0. The topological polar surface area (TPSA) is 71.1 Å². The Kier molecular flexibility index (Phi) is 17.6. The molecule has 0 N–H and O–H groups in total. The van der Waals surface area contributed by atoms with E-state index < -0.39 is 10.8 Å². The van der Waals surface area contributed by atoms with Crippen LogP contribution in [0.1, 0.15) is 119 Å². The Balaban J connectivity index is 4.11. The lowest BCUT2D eigenvalue weighted by Gasteiger charge is -2.25. The molecule has 0 saturated carbocycles. The third-order valence-corrected chi connectivity index (χ3v) is 6.76. The fourth-order valence-electron chi connectivity index (χ4n) is 4.30. The van der Waals surface area contributed by atoms with Crippen molar-refractivity contribution in [2.24, 2.45) is 10.8 Å². The average Bonchev–Trinajstić information content (AvgIpc) is 2.79. The summed E-state index contributed by atoms with van der Waals surface area (Å²) in [6.07, 6.45) is 12.7. The number of carbonyl (C=O) groups excluding carboxylic acids is 2. The standard InChI is InChI=1S/C28H54O6/c1-9-33-25(29)27(3,4)21-17-13-11-15-19-23(31-7)24(32-8)20-16-12-14-18-22-28(5,6)26(30)34-10-2/h23-24H,9-22H2,1-8H3/t23-,24-/m1/s1. The van der Waals surface area contributed by atoms with Gasteiger partial charge in [-0.25, -0.2) is 0 Å². The molecular weight excluding hydrogens is 432 g/mol. The van der Waals surface area contributed by atoms with Gasteiger partial charge in [-0.3, -0.25) is 9.59 Å². The lowest BCUT2D eigenvalue weighted by Crippen LogP contribution is -2.30. The predicted molar refractivity (Wildman–Crippen MR) is 138 cm³/mol. The molecule has 0 aliphatic carbocycles. The Morgan fingerprint density at radius 3 is 1.21 bits per heavy atom. The van der Waals surface area contributed by atoms with Crippen LogP contribution in [0.2, 0.25) is 0 Å². The van der Waals surface area contributed by atoms with E-state index in [4.69, 9.17) is 18.9 Å². The zero-order chi connectivity index (χ0) is 26.0. The Morgan fingerprint density at radius 1 is 0.588 bits per heavy atom. The molecule has 0 fully saturated rings. The van der Waals surface area contributed by atoms with Gasteiger partial charge in [-0.1, -0.05) is 51.4 Å². The molecule has 34 heavy (non-hydrogen) atoms. The number of hydrogen-bond donors (Lipinski definition) is 0. The van der Waals surface area contributed by atoms with Gasteiger partial charge in [-0.2, -0.15) is 0 Å². The van der Waals surface area contributed by atoms with Gasteiger partial charge in [-0.15, -0.1) is 0 Å². The number of carbonyl (C=O) groups is 2. The van der Waals surface area contributed by atoms with Crippen molar-refractivity contribution in [2.45, 2.75) is 131 Å². The van der Waals surface area contributed by atoms with Gasteiger partial charge in [0, 0.05) is 14.2 Å². The monoisotopic (exact) mass is 486 g/mol. The van der Waals surface area contributed by atoms with Crippen molar-refractivity contribution < 1.29 is 28.5 Å². The number of ether oxygens (including phenoxy) is 4. The van der Waals surface area contributed by atoms with E-state index in [2.05, 4.69) is 0 Å². The van der Waals surface area contributed by atoms with Crippen LogP contribution in [0.3, 0.4) is 0 Å². The molecule has 0 saturated heterocycles. The molecule has 0 radical (unpaired) electrons. The zero-order valence-corrected chi connectivity index (χ0v) is 23.5. The van der Waals surface area contributed by atoms with Crippen molar-refractivity contribution in [3.63, 3.8) is 0 Å². The van der Waals surface area contributed by atoms with Gasteiger partial charge < -0.3 is 18.9 Å². The van der Waals surface area contributed by atoms with Gasteiger partial charge in [0.05, 0.1) is 36.3 Å². The summed E-state index contributed by atoms with van der Waals surface area (Å²) < 4.78 is 21.9. The third-order valence-electron chi connectivity index (χ3n) is 6.76. The van der Waals surface area contributed by atoms with Gasteiger partial charge in [-0.05, 0) is 67.2 Å². The molecule has 0 rings (SSSR count). The largest absolute Gasteiger partial charge is 0.466 e. The molecule has 6 nitrogen and oxygen atoms in total. The molecular formula is C28H54O6. The van der Waals surface area contributed by atoms with E-state index >= 15 is 0 Å². The summed E-state index contributed by atoms with van der Waals surface area (Å²) in [7, 11) is 3.55. The van der Waals surface area contributed by atoms with Crippen LogP contribution >= 0.6 is 0 Å². The normalized spacial score (nSPS) is 14.0. The molecule has 6 heteroatoms. The highest BCUT2D eigenvalue weighted by Gasteiger charge is 2.29. The Labute approximate surface area is 209 Å². The second-order valence-corrected chi connectivity index (χ2v) is 10.7. The van der Waals surface area contributed by atoms with E-state index in [1.807, 2.05) is 41.5 Å². The highest BCUT2D eigenvalue weighted by atomic mass is 16.5. The van der Waals surface area contributed by atoms with Gasteiger partial charge in [0.1, 0.15) is 0 Å². The summed E-state index contributed by atoms with van der Waals surface area (Å²) in [5.41, 5.74) is -0.804. The average molecular weight is 487 g/mol. The number of esters is 2. The minimum atomic E-state index is -0.402. The van der Waals surface area contributed by atoms with Crippen LogP contribution in [0.25, 0.3) is 0 Å². The van der Waals surface area contributed by atoms with E-state index in [1.165, 1.54) is 0 Å². The van der Waals surface area contributed by atoms with Crippen molar-refractivity contribution in [1.29, 1.82) is 0 Å². The summed E-state index contributed by atoms with van der Waals surface area (Å²) in [5.74, 6) is -0.194. The minimum Gasteiger partial charge on any atom is -0.466 e. The first-order chi connectivity index (χ1) is 16.1. The SMILES string of the molecule is CCOC(=O)C(C)(C)CCCCCC[C@@H](OC)[C@@H](CCCCCCC(C)(C)C(=O)OCC)OC. The highest BCUT2D eigenvalue weighted by molar-refractivity contribution is 5.76. The Bertz CT molecular complexity index is 495. The maximum atomic E-state index is 12.0. The quantitative estimate of drug-likeness (QED) is 0.130. The molecule has 0 amide bonds. The second-order valence-electron chi connectivity index (χ2n) is 10.7. The number of hydrogen-bond acceptors (Lipinski definition) is 6. The summed E-state index contributed by atoms with van der Waals surface area (Å²) in [4.78, 5) is 24.0. The van der Waals surface area contributed by atoms with Crippen LogP contribution in [0, 0.1) is 10.8 Å². The van der Waals surface area contributed by atoms with Crippen LogP contribution in [0.15, 0.2) is 0 Å². The molecule has 202 valence electrons. The number of methoxy groups -OCH3 is 2. The third kappa shape index (κ3) is 13.7. The minimum absolute atomic E-state index is 0.0971. The van der Waals surface area contributed by atoms with Gasteiger partial charge in [0.2, 0.25) is 0 Å². The first-order valence-corrected chi connectivity index (χ1v) is 13.5. The molecule has 0 aliphatic rings. The molecule has 0 aromatic carbocycles. The van der Waals surface area contributed by atoms with Gasteiger partial charge in [0.15, 0.2) is 0 Å². The number of unbranched alkanes of at least 4 members (excludes halogenated alkanes) is 6. The smallest absolute Gasteiger partial charge is 0.311 e. The van der Waals surface area contributed by atoms with E-state index in [-0.39, 0.29) is 24.1 Å². The maximum absolute atomic E-state index is 12.0. The van der Waals surface area contributed by atoms with Crippen LogP contribution < -0.4 is 0 Å². The van der Waals surface area contributed by atoms with Gasteiger partial charge >= 0.3 is 11.9 Å². The molecule has 0 aliphatic heterocycles. The number of rotatable bonds is 21. The van der Waals surface area contributed by atoms with Crippen molar-refractivity contribution in [3.05, 3.63) is 0 Å². The Morgan fingerprint density at radius 2 is 0.912 bits per heavy atom. The lowest BCUT2D eigenvalue weighted by atomic mass is 9.86. The molecule has 0 aromatic rings. The van der Waals surface area contributed by atoms with E-state index in [9.17, 15) is 9.59 Å². The summed E-state index contributed by atoms with van der Waals surface area (Å²) in [6, 6.07) is 0. The van der Waals surface area contributed by atoms with Crippen LogP contribution in [-0.2, 0) is 28.5 Å². The van der Waals surface area contributed by atoms with Gasteiger partial charge in [0.25, 0.3) is 0 Å². The summed E-state index contributed by atoms with van der Waals surface area (Å²) in [5, 5.41) is 0. The van der Waals surface area contributed by atoms with E-state index in [1.54, 1.807) is 14.2 Å². The van der Waals surface area contributed by atoms with Crippen LogP contribution in [0.4, 0.5) is 0 Å². The first kappa shape index (κ1) is 32.9. The summed E-state index contributed by atoms with van der Waals surface area (Å²) in [6.45, 7) is 12.5. The highest BCUT2D eigenvalue weighted by Crippen LogP contribution is 2.27. The molecule has 0 heterocycles. The second kappa shape index (κ2) is 18.2.